The van der Waals surface area contributed by atoms with Crippen LogP contribution in [0.5, 0.6) is 11.8 Å². The molecule has 15 heteroatoms. The number of carbonyl (C=O) groups is 3. The molecule has 1 aliphatic heterocycles. The minimum Gasteiger partial charge on any atom is -0.481 e. The van der Waals surface area contributed by atoms with Crippen molar-refractivity contribution in [3.05, 3.63) is 98.7 Å². The topological polar surface area (TPSA) is 192 Å². The number of anilines is 1. The van der Waals surface area contributed by atoms with Crippen LogP contribution >= 0.6 is 23.2 Å². The lowest BCUT2D eigenvalue weighted by Crippen LogP contribution is -2.34. The molecular formula is C39H41Cl2N5O8. The monoisotopic (exact) mass is 777 g/mol. The Kier molecular flexibility index (Phi) is 12.3. The molecule has 6 N–H and O–H groups in total. The molecule has 2 aromatic heterocycles. The molecule has 1 amide bonds. The Hall–Kier alpha value is -4.79. The Morgan fingerprint density at radius 2 is 1.85 bits per heavy atom. The zero-order valence-electron chi connectivity index (χ0n) is 29.5. The van der Waals surface area contributed by atoms with Gasteiger partial charge in [0.25, 0.3) is 5.91 Å². The van der Waals surface area contributed by atoms with Gasteiger partial charge in [0.2, 0.25) is 11.8 Å². The van der Waals surface area contributed by atoms with Crippen molar-refractivity contribution in [1.29, 1.82) is 0 Å². The number of aryl methyl sites for hydroxylation is 1. The van der Waals surface area contributed by atoms with Crippen LogP contribution in [0.3, 0.4) is 0 Å². The fourth-order valence-corrected chi connectivity index (χ4v) is 7.65. The number of halogens is 2. The standard InChI is InChI=1S/C39H41Cl2N5O8/c1-53-36-23(19-43-20-24(47)18-32(48)49)17-30(40)37(46-36)54-31-11-10-26-25(6-2-7-27(26)31)28-8-3-9-29(33(28)41)35(50)45-34-22(5-4-15-44-34)12-13-39(38(51)52)14-16-42-21-39/h2-9,15,17,24,31,42-43,47H,10-14,16,18-21H2,1H3,(H,48,49)(H,51,52)(H,44,45,50)/t24-,31-,39?/m0/s1. The Balaban J connectivity index is 1.17. The van der Waals surface area contributed by atoms with Crippen LogP contribution in [0.4, 0.5) is 5.82 Å². The van der Waals surface area contributed by atoms with E-state index in [9.17, 15) is 24.6 Å². The third-order valence-corrected chi connectivity index (χ3v) is 10.7. The maximum Gasteiger partial charge on any atom is 0.310 e. The molecule has 6 rings (SSSR count). The lowest BCUT2D eigenvalue weighted by atomic mass is 9.81. The molecule has 0 radical (unpaired) electrons. The second kappa shape index (κ2) is 17.1. The number of nitrogens with zero attached hydrogens (tertiary/aromatic N) is 2. The largest absolute Gasteiger partial charge is 0.481 e. The van der Waals surface area contributed by atoms with Crippen molar-refractivity contribution in [1.82, 2.24) is 20.6 Å². The van der Waals surface area contributed by atoms with Crippen LogP contribution in [-0.2, 0) is 29.0 Å². The van der Waals surface area contributed by atoms with E-state index < -0.39 is 29.4 Å². The normalized spacial score (nSPS) is 18.2. The van der Waals surface area contributed by atoms with Crippen LogP contribution in [0.25, 0.3) is 11.1 Å². The quantitative estimate of drug-likeness (QED) is 0.0815. The number of aliphatic hydroxyl groups is 1. The van der Waals surface area contributed by atoms with Crippen LogP contribution in [0, 0.1) is 5.41 Å². The summed E-state index contributed by atoms with van der Waals surface area (Å²) in [4.78, 5) is 45.5. The molecule has 3 heterocycles. The molecule has 0 saturated carbocycles. The van der Waals surface area contributed by atoms with Gasteiger partial charge in [-0.1, -0.05) is 59.6 Å². The summed E-state index contributed by atoms with van der Waals surface area (Å²) in [5.74, 6) is -1.53. The molecule has 13 nitrogen and oxygen atoms in total. The van der Waals surface area contributed by atoms with Gasteiger partial charge in [0, 0.05) is 37.0 Å². The Bertz CT molecular complexity index is 2040. The number of carbonyl (C=O) groups excluding carboxylic acids is 1. The molecule has 284 valence electrons. The van der Waals surface area contributed by atoms with Crippen molar-refractivity contribution in [2.75, 3.05) is 32.1 Å². The van der Waals surface area contributed by atoms with Crippen molar-refractivity contribution in [3.8, 4) is 22.9 Å². The summed E-state index contributed by atoms with van der Waals surface area (Å²) in [6, 6.07) is 16.4. The predicted octanol–water partition coefficient (Wildman–Crippen LogP) is 5.70. The first kappa shape index (κ1) is 38.9. The number of hydrogen-bond acceptors (Lipinski definition) is 10. The van der Waals surface area contributed by atoms with E-state index in [4.69, 9.17) is 37.8 Å². The van der Waals surface area contributed by atoms with Gasteiger partial charge in [-0.05, 0) is 79.1 Å². The lowest BCUT2D eigenvalue weighted by molar-refractivity contribution is -0.148. The zero-order valence-corrected chi connectivity index (χ0v) is 31.0. The number of ether oxygens (including phenoxy) is 2. The number of nitrogens with one attached hydrogen (secondary N) is 3. The van der Waals surface area contributed by atoms with Gasteiger partial charge in [0.15, 0.2) is 0 Å². The van der Waals surface area contributed by atoms with Gasteiger partial charge < -0.3 is 40.7 Å². The van der Waals surface area contributed by atoms with E-state index in [0.717, 1.165) is 22.3 Å². The highest BCUT2D eigenvalue weighted by Crippen LogP contribution is 2.43. The Morgan fingerprint density at radius 3 is 2.59 bits per heavy atom. The number of rotatable bonds is 16. The zero-order chi connectivity index (χ0) is 38.4. The van der Waals surface area contributed by atoms with Gasteiger partial charge in [-0.3, -0.25) is 14.4 Å². The van der Waals surface area contributed by atoms with Crippen LogP contribution in [0.1, 0.15) is 64.4 Å². The number of amides is 1. The number of benzene rings is 2. The van der Waals surface area contributed by atoms with Crippen molar-refractivity contribution in [2.45, 2.75) is 57.3 Å². The second-order valence-electron chi connectivity index (χ2n) is 13.5. The average Bonchev–Trinajstić information content (AvgIpc) is 3.80. The summed E-state index contributed by atoms with van der Waals surface area (Å²) < 4.78 is 11.8. The molecule has 0 bridgehead atoms. The number of aromatic nitrogens is 2. The van der Waals surface area contributed by atoms with E-state index in [1.165, 1.54) is 7.11 Å². The number of carboxylic acids is 2. The summed E-state index contributed by atoms with van der Waals surface area (Å²) in [7, 11) is 1.47. The lowest BCUT2D eigenvalue weighted by Gasteiger charge is -2.23. The number of carboxylic acid groups (broad SMARTS) is 2. The van der Waals surface area contributed by atoms with Crippen molar-refractivity contribution in [3.63, 3.8) is 0 Å². The molecule has 54 heavy (non-hydrogen) atoms. The van der Waals surface area contributed by atoms with E-state index >= 15 is 0 Å². The first-order valence-electron chi connectivity index (χ1n) is 17.6. The third kappa shape index (κ3) is 8.61. The number of fused-ring (bicyclic) bond motifs is 1. The number of aliphatic hydroxyl groups excluding tert-OH is 1. The molecule has 1 unspecified atom stereocenters. The highest BCUT2D eigenvalue weighted by Gasteiger charge is 2.41. The van der Waals surface area contributed by atoms with E-state index in [0.29, 0.717) is 62.1 Å². The molecule has 2 aromatic carbocycles. The molecule has 1 aliphatic carbocycles. The second-order valence-corrected chi connectivity index (χ2v) is 14.3. The molecule has 1 fully saturated rings. The Labute approximate surface area is 322 Å². The SMILES string of the molecule is COc1nc(O[C@H]2CCc3c(-c4cccc(C(=O)Nc5ncccc5CCC5(C(=O)O)CCNC5)c4Cl)cccc32)c(Cl)cc1CNC[C@@H](O)CC(=O)O. The van der Waals surface area contributed by atoms with E-state index in [1.807, 2.05) is 30.3 Å². The highest BCUT2D eigenvalue weighted by molar-refractivity contribution is 6.37. The predicted molar refractivity (Wildman–Crippen MR) is 202 cm³/mol. The van der Waals surface area contributed by atoms with E-state index in [2.05, 4.69) is 25.9 Å². The number of hydrogen-bond donors (Lipinski definition) is 6. The fourth-order valence-electron chi connectivity index (χ4n) is 7.12. The van der Waals surface area contributed by atoms with Crippen LogP contribution in [-0.4, -0.2) is 76.0 Å². The minimum atomic E-state index is -1.09. The number of pyridine rings is 2. The van der Waals surface area contributed by atoms with Crippen LogP contribution in [0.15, 0.2) is 60.8 Å². The summed E-state index contributed by atoms with van der Waals surface area (Å²) in [6.07, 6.45) is 2.46. The van der Waals surface area contributed by atoms with Crippen molar-refractivity contribution < 1.29 is 39.2 Å². The molecule has 2 aliphatic rings. The van der Waals surface area contributed by atoms with Crippen molar-refractivity contribution in [2.24, 2.45) is 5.41 Å². The smallest absolute Gasteiger partial charge is 0.310 e. The first-order chi connectivity index (χ1) is 26.0. The highest BCUT2D eigenvalue weighted by atomic mass is 35.5. The summed E-state index contributed by atoms with van der Waals surface area (Å²) >= 11 is 13.6. The van der Waals surface area contributed by atoms with Gasteiger partial charge in [0.05, 0.1) is 35.6 Å². The van der Waals surface area contributed by atoms with Crippen LogP contribution < -0.4 is 25.4 Å². The first-order valence-corrected chi connectivity index (χ1v) is 18.4. The summed E-state index contributed by atoms with van der Waals surface area (Å²) in [6.45, 7) is 1.34. The molecule has 4 aromatic rings. The minimum absolute atomic E-state index is 0.0598. The number of methoxy groups -OCH3 is 1. The number of aliphatic carboxylic acids is 2. The van der Waals surface area contributed by atoms with Gasteiger partial charge in [-0.25, -0.2) is 4.98 Å². The molecule has 3 atom stereocenters. The summed E-state index contributed by atoms with van der Waals surface area (Å²) in [5, 5.41) is 38.2. The molecular weight excluding hydrogens is 737 g/mol. The van der Waals surface area contributed by atoms with E-state index in [1.54, 1.807) is 30.5 Å². The van der Waals surface area contributed by atoms with Gasteiger partial charge in [0.1, 0.15) is 16.9 Å². The van der Waals surface area contributed by atoms with Gasteiger partial charge >= 0.3 is 11.9 Å². The Morgan fingerprint density at radius 1 is 1.06 bits per heavy atom. The average molecular weight is 779 g/mol. The van der Waals surface area contributed by atoms with Crippen molar-refractivity contribution >= 4 is 46.9 Å². The molecule has 1 saturated heterocycles. The van der Waals surface area contributed by atoms with E-state index in [-0.39, 0.29) is 53.0 Å². The summed E-state index contributed by atoms with van der Waals surface area (Å²) in [5.41, 5.74) is 4.26. The third-order valence-electron chi connectivity index (χ3n) is 9.98. The van der Waals surface area contributed by atoms with Gasteiger partial charge in [-0.15, -0.1) is 0 Å². The molecule has 0 spiro atoms. The van der Waals surface area contributed by atoms with Gasteiger partial charge in [-0.2, -0.15) is 4.98 Å². The maximum atomic E-state index is 13.7. The fraction of sp³-hybridized carbons (Fsp3) is 0.359. The van der Waals surface area contributed by atoms with Crippen LogP contribution in [0.2, 0.25) is 10.0 Å². The maximum absolute atomic E-state index is 13.7.